The number of nitrogens with one attached hydrogen (secondary N) is 2. The van der Waals surface area contributed by atoms with E-state index in [1.54, 1.807) is 0 Å². The van der Waals surface area contributed by atoms with Crippen molar-refractivity contribution >= 4 is 46.7 Å². The van der Waals surface area contributed by atoms with Gasteiger partial charge in [0.1, 0.15) is 5.82 Å². The number of hydrogen-bond acceptors (Lipinski definition) is 2. The van der Waals surface area contributed by atoms with Crippen molar-refractivity contribution in [2.75, 3.05) is 25.0 Å². The number of hydrogen-bond donors (Lipinski definition) is 2. The Labute approximate surface area is 177 Å². The van der Waals surface area contributed by atoms with Gasteiger partial charge in [-0.2, -0.15) is 0 Å². The molecule has 1 saturated heterocycles. The minimum Gasteiger partial charge on any atom is -0.343 e. The van der Waals surface area contributed by atoms with Crippen LogP contribution in [0.15, 0.2) is 59.6 Å². The molecule has 0 radical (unpaired) electrons. The van der Waals surface area contributed by atoms with Crippen molar-refractivity contribution in [1.82, 2.24) is 14.9 Å². The van der Waals surface area contributed by atoms with Crippen molar-refractivity contribution in [3.63, 3.8) is 0 Å². The van der Waals surface area contributed by atoms with E-state index in [1.807, 2.05) is 36.4 Å². The maximum Gasteiger partial charge on any atom is 0.198 e. The summed E-state index contributed by atoms with van der Waals surface area (Å²) < 4.78 is 0. The number of para-hydroxylation sites is 3. The van der Waals surface area contributed by atoms with Crippen LogP contribution in [0, 0.1) is 0 Å². The molecule has 1 fully saturated rings. The normalized spacial score (nSPS) is 14.8. The Kier molecular flexibility index (Phi) is 7.09. The molecule has 27 heavy (non-hydrogen) atoms. The van der Waals surface area contributed by atoms with E-state index in [0.29, 0.717) is 6.54 Å². The van der Waals surface area contributed by atoms with Crippen LogP contribution >= 0.6 is 24.0 Å². The van der Waals surface area contributed by atoms with Gasteiger partial charge in [-0.1, -0.05) is 30.3 Å². The van der Waals surface area contributed by atoms with Crippen molar-refractivity contribution in [2.24, 2.45) is 4.99 Å². The molecule has 0 aliphatic carbocycles. The van der Waals surface area contributed by atoms with Gasteiger partial charge in [-0.3, -0.25) is 4.99 Å². The number of likely N-dealkylation sites (tertiary alicyclic amines) is 1. The lowest BCUT2D eigenvalue weighted by atomic mass is 10.1. The van der Waals surface area contributed by atoms with Crippen LogP contribution in [0.3, 0.4) is 0 Å². The number of fused-ring (bicyclic) bond motifs is 1. The molecule has 0 amide bonds. The lowest BCUT2D eigenvalue weighted by Gasteiger charge is -2.30. The Bertz CT molecular complexity index is 835. The summed E-state index contributed by atoms with van der Waals surface area (Å²) in [6.45, 7) is 2.86. The summed E-state index contributed by atoms with van der Waals surface area (Å²) in [7, 11) is 0. The standard InChI is InChI=1S/C21H25N5.HI/c1-3-9-17(10-4-1)23-21(26-15-7-2-8-16-26)22-14-13-20-24-18-11-5-6-12-19(18)25-20;/h1,3-6,9-12H,2,7-8,13-16H2,(H,22,23)(H,24,25);1H. The molecule has 1 aromatic heterocycles. The van der Waals surface area contributed by atoms with Gasteiger partial charge < -0.3 is 15.2 Å². The van der Waals surface area contributed by atoms with E-state index in [0.717, 1.165) is 48.0 Å². The molecule has 0 atom stereocenters. The van der Waals surface area contributed by atoms with Crippen molar-refractivity contribution in [2.45, 2.75) is 25.7 Å². The van der Waals surface area contributed by atoms with Crippen LogP contribution in [0.25, 0.3) is 11.0 Å². The first-order valence-electron chi connectivity index (χ1n) is 9.43. The molecule has 2 heterocycles. The molecule has 2 N–H and O–H groups in total. The first-order chi connectivity index (χ1) is 12.9. The van der Waals surface area contributed by atoms with Crippen LogP contribution in [0.5, 0.6) is 0 Å². The summed E-state index contributed by atoms with van der Waals surface area (Å²) in [5.41, 5.74) is 3.19. The summed E-state index contributed by atoms with van der Waals surface area (Å²) in [5.74, 6) is 1.97. The van der Waals surface area contributed by atoms with Gasteiger partial charge in [0.2, 0.25) is 0 Å². The van der Waals surface area contributed by atoms with Crippen molar-refractivity contribution in [1.29, 1.82) is 0 Å². The van der Waals surface area contributed by atoms with Crippen LogP contribution in [-0.4, -0.2) is 40.5 Å². The zero-order valence-corrected chi connectivity index (χ0v) is 17.7. The van der Waals surface area contributed by atoms with Gasteiger partial charge >= 0.3 is 0 Å². The topological polar surface area (TPSA) is 56.3 Å². The third kappa shape index (κ3) is 5.22. The molecule has 3 aromatic rings. The molecule has 4 rings (SSSR count). The molecular formula is C21H26IN5. The minimum atomic E-state index is 0. The largest absolute Gasteiger partial charge is 0.343 e. The monoisotopic (exact) mass is 475 g/mol. The highest BCUT2D eigenvalue weighted by Crippen LogP contribution is 2.14. The summed E-state index contributed by atoms with van der Waals surface area (Å²) in [5, 5.41) is 3.51. The first kappa shape index (κ1) is 19.7. The fourth-order valence-corrected chi connectivity index (χ4v) is 3.37. The van der Waals surface area contributed by atoms with Crippen molar-refractivity contribution in [3.05, 3.63) is 60.4 Å². The number of nitrogens with zero attached hydrogens (tertiary/aromatic N) is 3. The first-order valence-corrected chi connectivity index (χ1v) is 9.43. The van der Waals surface area contributed by atoms with Crippen LogP contribution in [-0.2, 0) is 6.42 Å². The van der Waals surface area contributed by atoms with Gasteiger partial charge in [-0.15, -0.1) is 24.0 Å². The van der Waals surface area contributed by atoms with Gasteiger partial charge in [0, 0.05) is 31.7 Å². The fourth-order valence-electron chi connectivity index (χ4n) is 3.37. The zero-order chi connectivity index (χ0) is 17.6. The van der Waals surface area contributed by atoms with Crippen LogP contribution in [0.4, 0.5) is 5.69 Å². The number of aromatic nitrogens is 2. The number of halogens is 1. The minimum absolute atomic E-state index is 0. The second-order valence-electron chi connectivity index (χ2n) is 6.69. The molecule has 6 heteroatoms. The Morgan fingerprint density at radius 2 is 1.74 bits per heavy atom. The van der Waals surface area contributed by atoms with E-state index in [2.05, 4.69) is 38.4 Å². The number of benzene rings is 2. The molecule has 0 unspecified atom stereocenters. The molecule has 1 aliphatic rings. The number of anilines is 1. The third-order valence-electron chi connectivity index (χ3n) is 4.73. The van der Waals surface area contributed by atoms with E-state index in [4.69, 9.17) is 4.99 Å². The van der Waals surface area contributed by atoms with Crippen LogP contribution < -0.4 is 5.32 Å². The van der Waals surface area contributed by atoms with Gasteiger partial charge in [0.15, 0.2) is 5.96 Å². The fraction of sp³-hybridized carbons (Fsp3) is 0.333. The molecule has 0 bridgehead atoms. The van der Waals surface area contributed by atoms with Gasteiger partial charge in [-0.25, -0.2) is 4.98 Å². The van der Waals surface area contributed by atoms with Gasteiger partial charge in [0.05, 0.1) is 11.0 Å². The average Bonchev–Trinajstić information content (AvgIpc) is 3.11. The maximum atomic E-state index is 4.88. The summed E-state index contributed by atoms with van der Waals surface area (Å²) in [6.07, 6.45) is 4.59. The highest BCUT2D eigenvalue weighted by atomic mass is 127. The second-order valence-corrected chi connectivity index (χ2v) is 6.69. The molecule has 0 spiro atoms. The number of aliphatic imine (C=N–C) groups is 1. The second kappa shape index (κ2) is 9.73. The Balaban J connectivity index is 0.00000210. The third-order valence-corrected chi connectivity index (χ3v) is 4.73. The number of H-pyrrole nitrogens is 1. The number of piperidine rings is 1. The van der Waals surface area contributed by atoms with E-state index in [-0.39, 0.29) is 24.0 Å². The van der Waals surface area contributed by atoms with Crippen molar-refractivity contribution < 1.29 is 0 Å². The lowest BCUT2D eigenvalue weighted by molar-refractivity contribution is 0.340. The summed E-state index contributed by atoms with van der Waals surface area (Å²) >= 11 is 0. The lowest BCUT2D eigenvalue weighted by Crippen LogP contribution is -2.40. The summed E-state index contributed by atoms with van der Waals surface area (Å²) in [4.78, 5) is 15.3. The predicted molar refractivity (Wildman–Crippen MR) is 123 cm³/mol. The maximum absolute atomic E-state index is 4.88. The van der Waals surface area contributed by atoms with E-state index in [1.165, 1.54) is 19.3 Å². The molecule has 0 saturated carbocycles. The molecule has 1 aliphatic heterocycles. The Morgan fingerprint density at radius 1 is 1.00 bits per heavy atom. The smallest absolute Gasteiger partial charge is 0.198 e. The number of aromatic amines is 1. The molecule has 2 aromatic carbocycles. The summed E-state index contributed by atoms with van der Waals surface area (Å²) in [6, 6.07) is 18.4. The molecule has 5 nitrogen and oxygen atoms in total. The van der Waals surface area contributed by atoms with E-state index < -0.39 is 0 Å². The van der Waals surface area contributed by atoms with Crippen LogP contribution in [0.1, 0.15) is 25.1 Å². The molecular weight excluding hydrogens is 449 g/mol. The predicted octanol–water partition coefficient (Wildman–Crippen LogP) is 4.68. The van der Waals surface area contributed by atoms with E-state index >= 15 is 0 Å². The van der Waals surface area contributed by atoms with E-state index in [9.17, 15) is 0 Å². The van der Waals surface area contributed by atoms with Gasteiger partial charge in [-0.05, 0) is 43.5 Å². The number of imidazole rings is 1. The van der Waals surface area contributed by atoms with Gasteiger partial charge in [0.25, 0.3) is 0 Å². The number of rotatable bonds is 4. The van der Waals surface area contributed by atoms with Crippen LogP contribution in [0.2, 0.25) is 0 Å². The molecule has 142 valence electrons. The zero-order valence-electron chi connectivity index (χ0n) is 15.4. The number of guanidine groups is 1. The highest BCUT2D eigenvalue weighted by molar-refractivity contribution is 14.0. The average molecular weight is 475 g/mol. The Hall–Kier alpha value is -2.09. The van der Waals surface area contributed by atoms with Crippen molar-refractivity contribution in [3.8, 4) is 0 Å². The Morgan fingerprint density at radius 3 is 2.52 bits per heavy atom. The highest BCUT2D eigenvalue weighted by Gasteiger charge is 2.15. The SMILES string of the molecule is I.c1ccc(NC(=NCCc2nc3ccccc3[nH]2)N2CCCCC2)cc1. The quantitative estimate of drug-likeness (QED) is 0.328.